The van der Waals surface area contributed by atoms with E-state index in [-0.39, 0.29) is 31.4 Å². The first-order valence-corrected chi connectivity index (χ1v) is 11.2. The smallest absolute Gasteiger partial charge is 0.340 e. The highest BCUT2D eigenvalue weighted by molar-refractivity contribution is 8.00. The Morgan fingerprint density at radius 3 is 2.66 bits per heavy atom. The number of para-hydroxylation sites is 2. The number of hydrogen-bond acceptors (Lipinski definition) is 7. The summed E-state index contributed by atoms with van der Waals surface area (Å²) in [6, 6.07) is 14.9. The predicted octanol–water partition coefficient (Wildman–Crippen LogP) is 3.90. The van der Waals surface area contributed by atoms with Crippen molar-refractivity contribution in [2.24, 2.45) is 0 Å². The van der Waals surface area contributed by atoms with Crippen LogP contribution < -0.4 is 4.90 Å². The molecule has 1 amide bonds. The van der Waals surface area contributed by atoms with Gasteiger partial charge in [-0.05, 0) is 37.6 Å². The highest BCUT2D eigenvalue weighted by atomic mass is 32.2. The van der Waals surface area contributed by atoms with Crippen LogP contribution in [0.2, 0.25) is 0 Å². The lowest BCUT2D eigenvalue weighted by Gasteiger charge is -2.28. The van der Waals surface area contributed by atoms with Gasteiger partial charge in [-0.1, -0.05) is 30.3 Å². The standard InChI is InChI=1S/C24H22N2O5S/c1-3-30-24(29)23-15(2)16-8-4-5-9-17(16)25-18(23)13-31-22(28)12-26-19-10-6-7-11-20(19)32-14-21(26)27/h4-11H,3,12-14H2,1-2H3. The van der Waals surface area contributed by atoms with Crippen LogP contribution in [0.3, 0.4) is 0 Å². The number of aryl methyl sites for hydroxylation is 1. The molecule has 0 atom stereocenters. The number of thioether (sulfide) groups is 1. The Balaban J connectivity index is 1.56. The van der Waals surface area contributed by atoms with Crippen LogP contribution >= 0.6 is 11.8 Å². The van der Waals surface area contributed by atoms with Gasteiger partial charge >= 0.3 is 11.9 Å². The lowest BCUT2D eigenvalue weighted by atomic mass is 10.0. The molecule has 0 radical (unpaired) electrons. The third-order valence-corrected chi connectivity index (χ3v) is 6.22. The molecular formula is C24H22N2O5S. The Labute approximate surface area is 189 Å². The number of aromatic nitrogens is 1. The number of pyridine rings is 1. The van der Waals surface area contributed by atoms with Gasteiger partial charge < -0.3 is 9.47 Å². The molecule has 3 aromatic rings. The Hall–Kier alpha value is -3.39. The van der Waals surface area contributed by atoms with E-state index in [0.717, 1.165) is 15.8 Å². The van der Waals surface area contributed by atoms with E-state index in [4.69, 9.17) is 9.47 Å². The second-order valence-electron chi connectivity index (χ2n) is 7.19. The second-order valence-corrected chi connectivity index (χ2v) is 8.21. The van der Waals surface area contributed by atoms with Crippen molar-refractivity contribution in [1.82, 2.24) is 4.98 Å². The van der Waals surface area contributed by atoms with Crippen LogP contribution in [0, 0.1) is 6.92 Å². The van der Waals surface area contributed by atoms with Crippen molar-refractivity contribution in [2.75, 3.05) is 23.8 Å². The molecule has 1 aromatic heterocycles. The molecular weight excluding hydrogens is 428 g/mol. The van der Waals surface area contributed by atoms with Gasteiger partial charge in [-0.25, -0.2) is 9.78 Å². The van der Waals surface area contributed by atoms with E-state index >= 15 is 0 Å². The number of hydrogen-bond donors (Lipinski definition) is 0. The Morgan fingerprint density at radius 1 is 1.09 bits per heavy atom. The molecule has 4 rings (SSSR count). The molecule has 0 bridgehead atoms. The van der Waals surface area contributed by atoms with Gasteiger partial charge in [0, 0.05) is 10.3 Å². The van der Waals surface area contributed by atoms with E-state index in [2.05, 4.69) is 4.98 Å². The fourth-order valence-electron chi connectivity index (χ4n) is 3.67. The number of rotatable bonds is 6. The number of benzene rings is 2. The molecule has 2 heterocycles. The second kappa shape index (κ2) is 9.40. The van der Waals surface area contributed by atoms with Crippen LogP contribution in [0.15, 0.2) is 53.4 Å². The van der Waals surface area contributed by atoms with Crippen molar-refractivity contribution in [3.05, 3.63) is 65.4 Å². The lowest BCUT2D eigenvalue weighted by Crippen LogP contribution is -2.39. The van der Waals surface area contributed by atoms with Gasteiger partial charge in [-0.2, -0.15) is 0 Å². The van der Waals surface area contributed by atoms with Crippen molar-refractivity contribution >= 4 is 46.2 Å². The number of esters is 2. The molecule has 0 N–H and O–H groups in total. The first-order valence-electron chi connectivity index (χ1n) is 10.2. The number of amides is 1. The number of carbonyl (C=O) groups excluding carboxylic acids is 3. The maximum absolute atomic E-state index is 12.6. The third kappa shape index (κ3) is 4.31. The van der Waals surface area contributed by atoms with Crippen LogP contribution in [-0.2, 0) is 25.7 Å². The minimum atomic E-state index is -0.581. The van der Waals surface area contributed by atoms with Gasteiger partial charge in [0.1, 0.15) is 13.2 Å². The topological polar surface area (TPSA) is 85.8 Å². The minimum Gasteiger partial charge on any atom is -0.462 e. The SMILES string of the molecule is CCOC(=O)c1c(COC(=O)CN2C(=O)CSc3ccccc32)nc2ccccc2c1C. The lowest BCUT2D eigenvalue weighted by molar-refractivity contribution is -0.144. The normalized spacial score (nSPS) is 13.1. The highest BCUT2D eigenvalue weighted by Gasteiger charge is 2.27. The van der Waals surface area contributed by atoms with Gasteiger partial charge in [-0.3, -0.25) is 14.5 Å². The summed E-state index contributed by atoms with van der Waals surface area (Å²) in [5, 5.41) is 0.832. The Bertz CT molecular complexity index is 1210. The average Bonchev–Trinajstić information content (AvgIpc) is 2.80. The molecule has 164 valence electrons. The van der Waals surface area contributed by atoms with E-state index in [9.17, 15) is 14.4 Å². The van der Waals surface area contributed by atoms with Gasteiger partial charge in [0.15, 0.2) is 0 Å². The van der Waals surface area contributed by atoms with Crippen molar-refractivity contribution < 1.29 is 23.9 Å². The number of ether oxygens (including phenoxy) is 2. The fourth-order valence-corrected chi connectivity index (χ4v) is 4.61. The first kappa shape index (κ1) is 21.8. The summed E-state index contributed by atoms with van der Waals surface area (Å²) in [6.45, 7) is 3.36. The van der Waals surface area contributed by atoms with Crippen molar-refractivity contribution in [3.8, 4) is 0 Å². The van der Waals surface area contributed by atoms with Crippen LogP contribution in [0.1, 0.15) is 28.5 Å². The number of anilines is 1. The average molecular weight is 451 g/mol. The monoisotopic (exact) mass is 450 g/mol. The van der Waals surface area contributed by atoms with E-state index in [1.807, 2.05) is 49.4 Å². The van der Waals surface area contributed by atoms with Crippen LogP contribution in [0.5, 0.6) is 0 Å². The molecule has 32 heavy (non-hydrogen) atoms. The van der Waals surface area contributed by atoms with Crippen LogP contribution in [-0.4, -0.2) is 41.7 Å². The summed E-state index contributed by atoms with van der Waals surface area (Å²) >= 11 is 1.45. The number of nitrogens with zero attached hydrogens (tertiary/aromatic N) is 2. The molecule has 0 spiro atoms. The maximum Gasteiger partial charge on any atom is 0.340 e. The summed E-state index contributed by atoms with van der Waals surface area (Å²) in [4.78, 5) is 44.6. The minimum absolute atomic E-state index is 0.155. The largest absolute Gasteiger partial charge is 0.462 e. The predicted molar refractivity (Wildman–Crippen MR) is 122 cm³/mol. The Morgan fingerprint density at radius 2 is 1.84 bits per heavy atom. The van der Waals surface area contributed by atoms with Crippen LogP contribution in [0.4, 0.5) is 5.69 Å². The van der Waals surface area contributed by atoms with E-state index < -0.39 is 11.9 Å². The van der Waals surface area contributed by atoms with Gasteiger partial charge in [0.25, 0.3) is 0 Å². The van der Waals surface area contributed by atoms with E-state index in [1.54, 1.807) is 13.0 Å². The first-order chi connectivity index (χ1) is 15.5. The molecule has 2 aromatic carbocycles. The summed E-state index contributed by atoms with van der Waals surface area (Å²) in [6.07, 6.45) is 0. The fraction of sp³-hybridized carbons (Fsp3) is 0.250. The summed E-state index contributed by atoms with van der Waals surface area (Å²) in [7, 11) is 0. The molecule has 0 saturated heterocycles. The quantitative estimate of drug-likeness (QED) is 0.527. The van der Waals surface area contributed by atoms with Gasteiger partial charge in [-0.15, -0.1) is 11.8 Å². The van der Waals surface area contributed by atoms with E-state index in [0.29, 0.717) is 22.5 Å². The summed E-state index contributed by atoms with van der Waals surface area (Å²) in [5.74, 6) is -0.977. The van der Waals surface area contributed by atoms with Gasteiger partial charge in [0.05, 0.1) is 34.8 Å². The summed E-state index contributed by atoms with van der Waals surface area (Å²) in [5.41, 5.74) is 2.74. The molecule has 7 nitrogen and oxygen atoms in total. The van der Waals surface area contributed by atoms with E-state index in [1.165, 1.54) is 16.7 Å². The highest BCUT2D eigenvalue weighted by Crippen LogP contribution is 2.34. The maximum atomic E-state index is 12.6. The van der Waals surface area contributed by atoms with Crippen molar-refractivity contribution in [3.63, 3.8) is 0 Å². The molecule has 0 aliphatic carbocycles. The zero-order valence-electron chi connectivity index (χ0n) is 17.8. The number of carbonyl (C=O) groups is 3. The molecule has 1 aliphatic rings. The molecule has 8 heteroatoms. The molecule has 0 unspecified atom stereocenters. The number of fused-ring (bicyclic) bond motifs is 2. The Kier molecular flexibility index (Phi) is 6.41. The zero-order valence-corrected chi connectivity index (χ0v) is 18.6. The third-order valence-electron chi connectivity index (χ3n) is 5.17. The van der Waals surface area contributed by atoms with Crippen molar-refractivity contribution in [2.45, 2.75) is 25.3 Å². The summed E-state index contributed by atoms with van der Waals surface area (Å²) < 4.78 is 10.7. The zero-order chi connectivity index (χ0) is 22.7. The molecule has 0 saturated carbocycles. The van der Waals surface area contributed by atoms with Gasteiger partial charge in [0.2, 0.25) is 5.91 Å². The molecule has 0 fully saturated rings. The van der Waals surface area contributed by atoms with Crippen molar-refractivity contribution in [1.29, 1.82) is 0 Å². The van der Waals surface area contributed by atoms with Crippen LogP contribution in [0.25, 0.3) is 10.9 Å². The molecule has 1 aliphatic heterocycles.